The number of rotatable bonds is 2. The van der Waals surface area contributed by atoms with Gasteiger partial charge in [-0.25, -0.2) is 4.98 Å². The fourth-order valence-corrected chi connectivity index (χ4v) is 2.23. The van der Waals surface area contributed by atoms with Crippen LogP contribution in [0.3, 0.4) is 0 Å². The number of amides is 2. The minimum absolute atomic E-state index is 0.106. The molecule has 0 spiro atoms. The molecule has 1 atom stereocenters. The number of nitrogens with two attached hydrogens (primary N) is 1. The van der Waals surface area contributed by atoms with Crippen molar-refractivity contribution in [1.29, 1.82) is 0 Å². The van der Waals surface area contributed by atoms with Gasteiger partial charge in [0.2, 0.25) is 5.91 Å². The van der Waals surface area contributed by atoms with Crippen molar-refractivity contribution in [2.24, 2.45) is 11.7 Å². The number of likely N-dealkylation sites (tertiary alicyclic amines) is 1. The van der Waals surface area contributed by atoms with Crippen molar-refractivity contribution < 1.29 is 9.59 Å². The number of carbonyl (C=O) groups excluding carboxylic acids is 2. The Morgan fingerprint density at radius 1 is 1.39 bits per heavy atom. The average Bonchev–Trinajstić information content (AvgIpc) is 2.81. The van der Waals surface area contributed by atoms with Gasteiger partial charge >= 0.3 is 0 Å². The number of carbonyl (C=O) groups is 2. The van der Waals surface area contributed by atoms with Crippen LogP contribution in [0, 0.1) is 5.92 Å². The van der Waals surface area contributed by atoms with Gasteiger partial charge in [0.05, 0.1) is 10.9 Å². The second-order valence-corrected chi connectivity index (χ2v) is 4.90. The molecule has 2 rings (SSSR count). The molecule has 1 unspecified atom stereocenters. The normalized spacial score (nSPS) is 19.0. The minimum atomic E-state index is -0.393. The Morgan fingerprint density at radius 3 is 2.72 bits per heavy atom. The molecule has 96 valence electrons. The maximum absolute atomic E-state index is 12.2. The first kappa shape index (κ1) is 13.1. The van der Waals surface area contributed by atoms with Crippen LogP contribution >= 0.6 is 23.2 Å². The first-order valence-electron chi connectivity index (χ1n) is 5.39. The van der Waals surface area contributed by atoms with Crippen molar-refractivity contribution in [1.82, 2.24) is 9.88 Å². The Morgan fingerprint density at radius 2 is 2.11 bits per heavy atom. The number of hydrogen-bond acceptors (Lipinski definition) is 3. The summed E-state index contributed by atoms with van der Waals surface area (Å²) in [5.74, 6) is -1.02. The van der Waals surface area contributed by atoms with Crippen LogP contribution < -0.4 is 5.73 Å². The molecule has 2 amide bonds. The molecule has 1 fully saturated rings. The molecule has 0 aromatic carbocycles. The number of nitrogens with zero attached hydrogens (tertiary/aromatic N) is 2. The fourth-order valence-electron chi connectivity index (χ4n) is 1.90. The molecule has 0 bridgehead atoms. The lowest BCUT2D eigenvalue weighted by molar-refractivity contribution is -0.121. The Balaban J connectivity index is 2.17. The van der Waals surface area contributed by atoms with Gasteiger partial charge in [-0.2, -0.15) is 0 Å². The highest BCUT2D eigenvalue weighted by Gasteiger charge is 2.31. The molecule has 0 radical (unpaired) electrons. The summed E-state index contributed by atoms with van der Waals surface area (Å²) in [6.07, 6.45) is 0.569. The molecular formula is C11H11Cl2N3O2. The summed E-state index contributed by atoms with van der Waals surface area (Å²) >= 11 is 11.6. The van der Waals surface area contributed by atoms with Gasteiger partial charge in [0, 0.05) is 13.1 Å². The van der Waals surface area contributed by atoms with E-state index in [-0.39, 0.29) is 27.7 Å². The van der Waals surface area contributed by atoms with Gasteiger partial charge < -0.3 is 10.6 Å². The van der Waals surface area contributed by atoms with Gasteiger partial charge in [0.1, 0.15) is 10.8 Å². The summed E-state index contributed by atoms with van der Waals surface area (Å²) in [5.41, 5.74) is 5.32. The predicted octanol–water partition coefficient (Wildman–Crippen LogP) is 1.34. The van der Waals surface area contributed by atoms with E-state index in [9.17, 15) is 9.59 Å². The lowest BCUT2D eigenvalue weighted by atomic mass is 10.1. The Labute approximate surface area is 114 Å². The van der Waals surface area contributed by atoms with Crippen LogP contribution in [0.5, 0.6) is 0 Å². The van der Waals surface area contributed by atoms with Crippen molar-refractivity contribution in [2.75, 3.05) is 13.1 Å². The Hall–Kier alpha value is -1.33. The van der Waals surface area contributed by atoms with Crippen LogP contribution in [0.4, 0.5) is 0 Å². The summed E-state index contributed by atoms with van der Waals surface area (Å²) < 4.78 is 0. The van der Waals surface area contributed by atoms with Crippen LogP contribution in [0.25, 0.3) is 0 Å². The molecule has 18 heavy (non-hydrogen) atoms. The summed E-state index contributed by atoms with van der Waals surface area (Å²) in [7, 11) is 0. The SMILES string of the molecule is NC(=O)C1CCN(C(=O)c2nc(Cl)ccc2Cl)C1. The van der Waals surface area contributed by atoms with E-state index in [0.29, 0.717) is 19.5 Å². The topological polar surface area (TPSA) is 76.3 Å². The van der Waals surface area contributed by atoms with E-state index in [1.165, 1.54) is 17.0 Å². The maximum Gasteiger partial charge on any atom is 0.274 e. The first-order chi connectivity index (χ1) is 8.49. The summed E-state index contributed by atoms with van der Waals surface area (Å²) in [5, 5.41) is 0.445. The second kappa shape index (κ2) is 5.12. The molecule has 0 saturated carbocycles. The second-order valence-electron chi connectivity index (χ2n) is 4.10. The molecule has 2 heterocycles. The van der Waals surface area contributed by atoms with Gasteiger partial charge in [-0.3, -0.25) is 9.59 Å². The van der Waals surface area contributed by atoms with Crippen LogP contribution in [-0.2, 0) is 4.79 Å². The third-order valence-electron chi connectivity index (χ3n) is 2.89. The van der Waals surface area contributed by atoms with E-state index in [1.54, 1.807) is 0 Å². The Kier molecular flexibility index (Phi) is 3.73. The molecule has 1 aromatic rings. The van der Waals surface area contributed by atoms with Crippen molar-refractivity contribution in [3.05, 3.63) is 28.0 Å². The number of pyridine rings is 1. The van der Waals surface area contributed by atoms with Gasteiger partial charge in [-0.05, 0) is 18.6 Å². The molecule has 1 aliphatic heterocycles. The highest BCUT2D eigenvalue weighted by atomic mass is 35.5. The molecular weight excluding hydrogens is 277 g/mol. The number of halogens is 2. The Bertz CT molecular complexity index is 507. The molecule has 1 aromatic heterocycles. The van der Waals surface area contributed by atoms with Crippen molar-refractivity contribution in [2.45, 2.75) is 6.42 Å². The number of primary amides is 1. The zero-order valence-electron chi connectivity index (χ0n) is 9.40. The minimum Gasteiger partial charge on any atom is -0.369 e. The van der Waals surface area contributed by atoms with Crippen molar-refractivity contribution >= 4 is 35.0 Å². The molecule has 5 nitrogen and oxygen atoms in total. The molecule has 0 aliphatic carbocycles. The van der Waals surface area contributed by atoms with E-state index in [0.717, 1.165) is 0 Å². The van der Waals surface area contributed by atoms with Crippen LogP contribution in [0.1, 0.15) is 16.9 Å². The molecule has 2 N–H and O–H groups in total. The van der Waals surface area contributed by atoms with Crippen LogP contribution in [0.2, 0.25) is 10.2 Å². The quantitative estimate of drug-likeness (QED) is 0.834. The van der Waals surface area contributed by atoms with Gasteiger partial charge in [0.25, 0.3) is 5.91 Å². The highest BCUT2D eigenvalue weighted by molar-refractivity contribution is 6.34. The van der Waals surface area contributed by atoms with Gasteiger partial charge in [-0.1, -0.05) is 23.2 Å². The highest BCUT2D eigenvalue weighted by Crippen LogP contribution is 2.22. The number of aromatic nitrogens is 1. The third kappa shape index (κ3) is 2.57. The van der Waals surface area contributed by atoms with Gasteiger partial charge in [-0.15, -0.1) is 0 Å². The maximum atomic E-state index is 12.2. The zero-order chi connectivity index (χ0) is 13.3. The van der Waals surface area contributed by atoms with E-state index in [4.69, 9.17) is 28.9 Å². The summed E-state index contributed by atoms with van der Waals surface area (Å²) in [6, 6.07) is 3.03. The van der Waals surface area contributed by atoms with Crippen molar-refractivity contribution in [3.8, 4) is 0 Å². The first-order valence-corrected chi connectivity index (χ1v) is 6.15. The monoisotopic (exact) mass is 287 g/mol. The van der Waals surface area contributed by atoms with E-state index >= 15 is 0 Å². The number of hydrogen-bond donors (Lipinski definition) is 1. The lowest BCUT2D eigenvalue weighted by Crippen LogP contribution is -2.32. The fraction of sp³-hybridized carbons (Fsp3) is 0.364. The third-order valence-corrected chi connectivity index (χ3v) is 3.41. The predicted molar refractivity (Wildman–Crippen MR) is 67.5 cm³/mol. The summed E-state index contributed by atoms with van der Waals surface area (Å²) in [4.78, 5) is 28.6. The lowest BCUT2D eigenvalue weighted by Gasteiger charge is -2.16. The van der Waals surface area contributed by atoms with E-state index < -0.39 is 5.91 Å². The van der Waals surface area contributed by atoms with Crippen LogP contribution in [-0.4, -0.2) is 34.8 Å². The molecule has 1 aliphatic rings. The zero-order valence-corrected chi connectivity index (χ0v) is 10.9. The van der Waals surface area contributed by atoms with Crippen molar-refractivity contribution in [3.63, 3.8) is 0 Å². The van der Waals surface area contributed by atoms with E-state index in [1.807, 2.05) is 0 Å². The smallest absolute Gasteiger partial charge is 0.274 e. The molecule has 7 heteroatoms. The standard InChI is InChI=1S/C11H11Cl2N3O2/c12-7-1-2-8(13)15-9(7)11(18)16-4-3-6(5-16)10(14)17/h1-2,6H,3-5H2,(H2,14,17). The van der Waals surface area contributed by atoms with Crippen LogP contribution in [0.15, 0.2) is 12.1 Å². The largest absolute Gasteiger partial charge is 0.369 e. The average molecular weight is 288 g/mol. The van der Waals surface area contributed by atoms with Gasteiger partial charge in [0.15, 0.2) is 0 Å². The van der Waals surface area contributed by atoms with E-state index in [2.05, 4.69) is 4.98 Å². The summed E-state index contributed by atoms with van der Waals surface area (Å²) in [6.45, 7) is 0.773. The molecule has 1 saturated heterocycles.